The highest BCUT2D eigenvalue weighted by Crippen LogP contribution is 2.30. The SMILES string of the molecule is COC1(C)CCCN(c2cc(N)cc(S(N)(=O)=O)c2)C1. The van der Waals surface area contributed by atoms with E-state index in [2.05, 4.69) is 4.90 Å². The van der Waals surface area contributed by atoms with Crippen molar-refractivity contribution in [3.8, 4) is 0 Å². The van der Waals surface area contributed by atoms with Crippen LogP contribution in [-0.2, 0) is 14.8 Å². The van der Waals surface area contributed by atoms with Crippen LogP contribution in [0.5, 0.6) is 0 Å². The van der Waals surface area contributed by atoms with E-state index in [9.17, 15) is 8.42 Å². The molecule has 0 spiro atoms. The number of hydrogen-bond donors (Lipinski definition) is 2. The van der Waals surface area contributed by atoms with Crippen molar-refractivity contribution in [2.45, 2.75) is 30.3 Å². The first-order valence-corrected chi connectivity index (χ1v) is 8.02. The Kier molecular flexibility index (Phi) is 3.95. The average Bonchev–Trinajstić information content (AvgIpc) is 2.37. The summed E-state index contributed by atoms with van der Waals surface area (Å²) in [7, 11) is -2.07. The van der Waals surface area contributed by atoms with E-state index < -0.39 is 10.0 Å². The number of piperidine rings is 1. The molecule has 1 atom stereocenters. The van der Waals surface area contributed by atoms with E-state index in [1.54, 1.807) is 19.2 Å². The van der Waals surface area contributed by atoms with E-state index in [0.29, 0.717) is 12.2 Å². The maximum Gasteiger partial charge on any atom is 0.238 e. The van der Waals surface area contributed by atoms with Crippen LogP contribution in [-0.4, -0.2) is 34.2 Å². The average molecular weight is 299 g/mol. The van der Waals surface area contributed by atoms with E-state index in [1.807, 2.05) is 6.92 Å². The molecule has 0 aromatic heterocycles. The number of primary sulfonamides is 1. The topological polar surface area (TPSA) is 98.7 Å². The Labute approximate surface area is 119 Å². The Balaban J connectivity index is 2.35. The molecule has 1 aliphatic rings. The fourth-order valence-corrected chi connectivity index (χ4v) is 3.13. The van der Waals surface area contributed by atoms with Gasteiger partial charge in [0.25, 0.3) is 0 Å². The number of benzene rings is 1. The zero-order chi connectivity index (χ0) is 15.0. The van der Waals surface area contributed by atoms with Gasteiger partial charge in [0.15, 0.2) is 0 Å². The Morgan fingerprint density at radius 2 is 2.05 bits per heavy atom. The molecule has 0 bridgehead atoms. The molecule has 112 valence electrons. The van der Waals surface area contributed by atoms with E-state index in [-0.39, 0.29) is 10.5 Å². The molecule has 2 rings (SSSR count). The molecule has 1 aromatic carbocycles. The summed E-state index contributed by atoms with van der Waals surface area (Å²) >= 11 is 0. The van der Waals surface area contributed by atoms with Crippen molar-refractivity contribution < 1.29 is 13.2 Å². The molecule has 1 aliphatic heterocycles. The van der Waals surface area contributed by atoms with Crippen molar-refractivity contribution in [2.75, 3.05) is 30.8 Å². The first-order chi connectivity index (χ1) is 9.23. The number of rotatable bonds is 3. The first-order valence-electron chi connectivity index (χ1n) is 6.47. The fraction of sp³-hybridized carbons (Fsp3) is 0.538. The van der Waals surface area contributed by atoms with Crippen molar-refractivity contribution >= 4 is 21.4 Å². The number of sulfonamides is 1. The van der Waals surface area contributed by atoms with Crippen molar-refractivity contribution in [2.24, 2.45) is 5.14 Å². The van der Waals surface area contributed by atoms with Gasteiger partial charge in [-0.25, -0.2) is 13.6 Å². The highest BCUT2D eigenvalue weighted by molar-refractivity contribution is 7.89. The molecule has 7 heteroatoms. The number of hydrogen-bond acceptors (Lipinski definition) is 5. The molecule has 20 heavy (non-hydrogen) atoms. The first kappa shape index (κ1) is 15.1. The molecule has 1 saturated heterocycles. The standard InChI is InChI=1S/C13H21N3O3S/c1-13(19-2)4-3-5-16(9-13)11-6-10(14)7-12(8-11)20(15,17)18/h6-8H,3-5,9,14H2,1-2H3,(H2,15,17,18). The van der Waals surface area contributed by atoms with Gasteiger partial charge in [0.05, 0.1) is 10.5 Å². The second kappa shape index (κ2) is 5.23. The largest absolute Gasteiger partial charge is 0.399 e. The van der Waals surface area contributed by atoms with Gasteiger partial charge in [-0.2, -0.15) is 0 Å². The van der Waals surface area contributed by atoms with Gasteiger partial charge in [-0.15, -0.1) is 0 Å². The summed E-state index contributed by atoms with van der Waals surface area (Å²) in [6, 6.07) is 4.70. The minimum Gasteiger partial charge on any atom is -0.399 e. The summed E-state index contributed by atoms with van der Waals surface area (Å²) in [6.45, 7) is 3.58. The van der Waals surface area contributed by atoms with Gasteiger partial charge in [0, 0.05) is 31.6 Å². The lowest BCUT2D eigenvalue weighted by atomic mass is 9.94. The van der Waals surface area contributed by atoms with Crippen LogP contribution >= 0.6 is 0 Å². The van der Waals surface area contributed by atoms with E-state index in [0.717, 1.165) is 25.1 Å². The third-order valence-electron chi connectivity index (χ3n) is 3.76. The van der Waals surface area contributed by atoms with Crippen LogP contribution in [0.2, 0.25) is 0 Å². The normalized spacial score (nSPS) is 23.9. The minimum absolute atomic E-state index is 0.0391. The van der Waals surface area contributed by atoms with E-state index >= 15 is 0 Å². The van der Waals surface area contributed by atoms with Crippen LogP contribution in [0, 0.1) is 0 Å². The van der Waals surface area contributed by atoms with E-state index in [1.165, 1.54) is 6.07 Å². The molecular weight excluding hydrogens is 278 g/mol. The van der Waals surface area contributed by atoms with Gasteiger partial charge in [0.2, 0.25) is 10.0 Å². The molecule has 0 amide bonds. The van der Waals surface area contributed by atoms with Crippen LogP contribution in [0.3, 0.4) is 0 Å². The summed E-state index contributed by atoms with van der Waals surface area (Å²) in [5, 5.41) is 5.18. The summed E-state index contributed by atoms with van der Waals surface area (Å²) in [5.41, 5.74) is 6.70. The van der Waals surface area contributed by atoms with E-state index in [4.69, 9.17) is 15.6 Å². The maximum atomic E-state index is 11.5. The molecule has 0 saturated carbocycles. The summed E-state index contributed by atoms with van der Waals surface area (Å²) in [5.74, 6) is 0. The Bertz CT molecular complexity index is 603. The zero-order valence-corrected chi connectivity index (χ0v) is 12.6. The Morgan fingerprint density at radius 1 is 1.35 bits per heavy atom. The van der Waals surface area contributed by atoms with Crippen LogP contribution in [0.4, 0.5) is 11.4 Å². The van der Waals surface area contributed by atoms with Crippen LogP contribution < -0.4 is 15.8 Å². The second-order valence-corrected chi connectivity index (χ2v) is 7.05. The molecule has 0 aliphatic carbocycles. The molecule has 1 heterocycles. The number of ether oxygens (including phenoxy) is 1. The fourth-order valence-electron chi connectivity index (χ4n) is 2.55. The predicted molar refractivity (Wildman–Crippen MR) is 79.1 cm³/mol. The summed E-state index contributed by atoms with van der Waals surface area (Å²) in [6.07, 6.45) is 1.95. The highest BCUT2D eigenvalue weighted by atomic mass is 32.2. The zero-order valence-electron chi connectivity index (χ0n) is 11.8. The van der Waals surface area contributed by atoms with Gasteiger partial charge in [-0.1, -0.05) is 0 Å². The molecule has 4 N–H and O–H groups in total. The molecule has 1 unspecified atom stereocenters. The van der Waals surface area contributed by atoms with Gasteiger partial charge in [-0.05, 0) is 38.0 Å². The number of nitrogen functional groups attached to an aromatic ring is 1. The summed E-state index contributed by atoms with van der Waals surface area (Å²) in [4.78, 5) is 2.12. The van der Waals surface area contributed by atoms with Crippen LogP contribution in [0.15, 0.2) is 23.1 Å². The third kappa shape index (κ3) is 3.23. The predicted octanol–water partition coefficient (Wildman–Crippen LogP) is 0.922. The molecule has 0 radical (unpaired) electrons. The Hall–Kier alpha value is -1.31. The van der Waals surface area contributed by atoms with Gasteiger partial charge >= 0.3 is 0 Å². The van der Waals surface area contributed by atoms with Gasteiger partial charge in [0.1, 0.15) is 0 Å². The Morgan fingerprint density at radius 3 is 2.65 bits per heavy atom. The van der Waals surface area contributed by atoms with Crippen LogP contribution in [0.25, 0.3) is 0 Å². The lowest BCUT2D eigenvalue weighted by Crippen LogP contribution is -2.47. The van der Waals surface area contributed by atoms with Crippen molar-refractivity contribution in [1.29, 1.82) is 0 Å². The lowest BCUT2D eigenvalue weighted by Gasteiger charge is -2.40. The quantitative estimate of drug-likeness (QED) is 0.809. The molecule has 1 fully saturated rings. The highest BCUT2D eigenvalue weighted by Gasteiger charge is 2.31. The van der Waals surface area contributed by atoms with Crippen molar-refractivity contribution in [3.05, 3.63) is 18.2 Å². The second-order valence-electron chi connectivity index (χ2n) is 5.48. The molecular formula is C13H21N3O3S. The van der Waals surface area contributed by atoms with Crippen LogP contribution in [0.1, 0.15) is 19.8 Å². The smallest absolute Gasteiger partial charge is 0.238 e. The number of methoxy groups -OCH3 is 1. The monoisotopic (exact) mass is 299 g/mol. The molecule has 6 nitrogen and oxygen atoms in total. The number of anilines is 2. The molecule has 1 aromatic rings. The van der Waals surface area contributed by atoms with Gasteiger partial charge < -0.3 is 15.4 Å². The van der Waals surface area contributed by atoms with Crippen molar-refractivity contribution in [3.63, 3.8) is 0 Å². The third-order valence-corrected chi connectivity index (χ3v) is 4.65. The maximum absolute atomic E-state index is 11.5. The number of nitrogens with two attached hydrogens (primary N) is 2. The number of nitrogens with zero attached hydrogens (tertiary/aromatic N) is 1. The van der Waals surface area contributed by atoms with Gasteiger partial charge in [-0.3, -0.25) is 0 Å². The minimum atomic E-state index is -3.76. The lowest BCUT2D eigenvalue weighted by molar-refractivity contribution is -0.00465. The van der Waals surface area contributed by atoms with Crippen molar-refractivity contribution in [1.82, 2.24) is 0 Å². The summed E-state index contributed by atoms with van der Waals surface area (Å²) < 4.78 is 28.5.